The molecule has 0 fully saturated rings. The summed E-state index contributed by atoms with van der Waals surface area (Å²) < 4.78 is 0. The number of thiazole rings is 1. The lowest BCUT2D eigenvalue weighted by atomic mass is 10.0. The van der Waals surface area contributed by atoms with Crippen LogP contribution < -0.4 is 0 Å². The minimum absolute atomic E-state index is 0.115. The highest BCUT2D eigenvalue weighted by molar-refractivity contribution is 7.21. The Hall–Kier alpha value is -1.20. The van der Waals surface area contributed by atoms with Gasteiger partial charge >= 0.3 is 0 Å². The predicted molar refractivity (Wildman–Crippen MR) is 91.1 cm³/mol. The third-order valence-corrected chi connectivity index (χ3v) is 5.78. The van der Waals surface area contributed by atoms with Crippen molar-refractivity contribution in [1.82, 2.24) is 9.88 Å². The lowest BCUT2D eigenvalue weighted by Gasteiger charge is -2.24. The zero-order valence-electron chi connectivity index (χ0n) is 12.8. The van der Waals surface area contributed by atoms with Gasteiger partial charge in [0, 0.05) is 13.1 Å². The summed E-state index contributed by atoms with van der Waals surface area (Å²) in [6.45, 7) is 8.01. The summed E-state index contributed by atoms with van der Waals surface area (Å²) in [6, 6.07) is 4.05. The molecule has 1 amide bonds. The first-order valence-corrected chi connectivity index (χ1v) is 9.18. The van der Waals surface area contributed by atoms with E-state index in [2.05, 4.69) is 18.8 Å². The van der Waals surface area contributed by atoms with Crippen molar-refractivity contribution >= 4 is 28.6 Å². The van der Waals surface area contributed by atoms with Gasteiger partial charge in [-0.15, -0.1) is 22.7 Å². The van der Waals surface area contributed by atoms with E-state index in [0.29, 0.717) is 5.92 Å². The van der Waals surface area contributed by atoms with E-state index >= 15 is 0 Å². The summed E-state index contributed by atoms with van der Waals surface area (Å²) in [5.41, 5.74) is 0. The van der Waals surface area contributed by atoms with Crippen molar-refractivity contribution in [2.24, 2.45) is 5.92 Å². The van der Waals surface area contributed by atoms with Crippen LogP contribution in [-0.2, 0) is 0 Å². The monoisotopic (exact) mass is 322 g/mol. The molecule has 0 saturated heterocycles. The maximum atomic E-state index is 12.6. The SMILES string of the molecule is CCC(CC)CN(CC)C(=O)c1cnc(-c2cccs2)s1. The van der Waals surface area contributed by atoms with Crippen LogP contribution in [0.4, 0.5) is 0 Å². The quantitative estimate of drug-likeness (QED) is 0.735. The molecule has 2 aromatic rings. The minimum atomic E-state index is 0.115. The van der Waals surface area contributed by atoms with E-state index in [1.54, 1.807) is 17.5 Å². The van der Waals surface area contributed by atoms with Gasteiger partial charge in [-0.05, 0) is 24.3 Å². The van der Waals surface area contributed by atoms with Crippen LogP contribution >= 0.6 is 22.7 Å². The molecule has 0 aliphatic carbocycles. The fourth-order valence-corrected chi connectivity index (χ4v) is 3.95. The number of amides is 1. The molecule has 5 heteroatoms. The molecule has 3 nitrogen and oxygen atoms in total. The predicted octanol–water partition coefficient (Wildman–Crippen LogP) is 4.77. The number of hydrogen-bond acceptors (Lipinski definition) is 4. The second-order valence-corrected chi connectivity index (χ2v) is 7.01. The summed E-state index contributed by atoms with van der Waals surface area (Å²) >= 11 is 3.15. The van der Waals surface area contributed by atoms with Crippen molar-refractivity contribution in [3.8, 4) is 9.88 Å². The number of hydrogen-bond donors (Lipinski definition) is 0. The Labute approximate surface area is 134 Å². The summed E-state index contributed by atoms with van der Waals surface area (Å²) in [6.07, 6.45) is 3.95. The maximum Gasteiger partial charge on any atom is 0.265 e. The van der Waals surface area contributed by atoms with Crippen molar-refractivity contribution < 1.29 is 4.79 Å². The smallest absolute Gasteiger partial charge is 0.265 e. The maximum absolute atomic E-state index is 12.6. The number of aromatic nitrogens is 1. The molecule has 0 N–H and O–H groups in total. The standard InChI is InChI=1S/C16H22N2OS2/c1-4-12(5-2)11-18(6-3)16(19)14-10-17-15(21-14)13-8-7-9-20-13/h7-10,12H,4-6,11H2,1-3H3. The molecule has 2 rings (SSSR count). The van der Waals surface area contributed by atoms with E-state index in [1.165, 1.54) is 11.3 Å². The summed E-state index contributed by atoms with van der Waals surface area (Å²) in [5.74, 6) is 0.697. The van der Waals surface area contributed by atoms with Gasteiger partial charge in [-0.1, -0.05) is 32.8 Å². The van der Waals surface area contributed by atoms with Gasteiger partial charge in [-0.3, -0.25) is 4.79 Å². The van der Waals surface area contributed by atoms with Gasteiger partial charge in [0.05, 0.1) is 11.1 Å². The summed E-state index contributed by atoms with van der Waals surface area (Å²) in [5, 5.41) is 2.97. The van der Waals surface area contributed by atoms with Crippen LogP contribution in [-0.4, -0.2) is 28.9 Å². The van der Waals surface area contributed by atoms with Gasteiger partial charge in [0.1, 0.15) is 9.88 Å². The third kappa shape index (κ3) is 3.92. The number of rotatable bonds is 7. The second kappa shape index (κ2) is 7.71. The Balaban J connectivity index is 2.11. The molecule has 0 saturated carbocycles. The van der Waals surface area contributed by atoms with Gasteiger partial charge in [0.2, 0.25) is 0 Å². The fraction of sp³-hybridized carbons (Fsp3) is 0.500. The average molecular weight is 322 g/mol. The molecule has 0 aromatic carbocycles. The van der Waals surface area contributed by atoms with Crippen molar-refractivity contribution in [1.29, 1.82) is 0 Å². The van der Waals surface area contributed by atoms with Gasteiger partial charge in [0.25, 0.3) is 5.91 Å². The number of carbonyl (C=O) groups excluding carboxylic acids is 1. The number of carbonyl (C=O) groups is 1. The number of nitrogens with zero attached hydrogens (tertiary/aromatic N) is 2. The molecule has 0 unspecified atom stereocenters. The molecular formula is C16H22N2OS2. The lowest BCUT2D eigenvalue weighted by molar-refractivity contribution is 0.0739. The van der Waals surface area contributed by atoms with Crippen molar-refractivity contribution in [2.75, 3.05) is 13.1 Å². The first-order chi connectivity index (χ1) is 10.2. The Morgan fingerprint density at radius 1 is 1.33 bits per heavy atom. The molecule has 0 spiro atoms. The zero-order chi connectivity index (χ0) is 15.2. The molecule has 2 heterocycles. The van der Waals surface area contributed by atoms with E-state index in [0.717, 1.165) is 40.7 Å². The van der Waals surface area contributed by atoms with E-state index < -0.39 is 0 Å². The van der Waals surface area contributed by atoms with Gasteiger partial charge in [0.15, 0.2) is 0 Å². The lowest BCUT2D eigenvalue weighted by Crippen LogP contribution is -2.34. The molecular weight excluding hydrogens is 300 g/mol. The highest BCUT2D eigenvalue weighted by Gasteiger charge is 2.20. The molecule has 0 aliphatic heterocycles. The van der Waals surface area contributed by atoms with Gasteiger partial charge in [-0.2, -0.15) is 0 Å². The van der Waals surface area contributed by atoms with Crippen LogP contribution in [0.15, 0.2) is 23.7 Å². The van der Waals surface area contributed by atoms with Crippen LogP contribution in [0, 0.1) is 5.92 Å². The molecule has 114 valence electrons. The second-order valence-electron chi connectivity index (χ2n) is 5.03. The van der Waals surface area contributed by atoms with Crippen molar-refractivity contribution in [3.05, 3.63) is 28.6 Å². The highest BCUT2D eigenvalue weighted by Crippen LogP contribution is 2.29. The first kappa shape index (κ1) is 16.2. The van der Waals surface area contributed by atoms with Crippen LogP contribution in [0.3, 0.4) is 0 Å². The zero-order valence-corrected chi connectivity index (χ0v) is 14.5. The third-order valence-electron chi connectivity index (χ3n) is 3.75. The fourth-order valence-electron chi connectivity index (χ4n) is 2.26. The van der Waals surface area contributed by atoms with Crippen LogP contribution in [0.5, 0.6) is 0 Å². The summed E-state index contributed by atoms with van der Waals surface area (Å²) in [4.78, 5) is 20.8. The Kier molecular flexibility index (Phi) is 5.94. The molecule has 2 aromatic heterocycles. The van der Waals surface area contributed by atoms with E-state index in [9.17, 15) is 4.79 Å². The van der Waals surface area contributed by atoms with Crippen molar-refractivity contribution in [3.63, 3.8) is 0 Å². The summed E-state index contributed by atoms with van der Waals surface area (Å²) in [7, 11) is 0. The van der Waals surface area contributed by atoms with Crippen LogP contribution in [0.25, 0.3) is 9.88 Å². The minimum Gasteiger partial charge on any atom is -0.338 e. The largest absolute Gasteiger partial charge is 0.338 e. The van der Waals surface area contributed by atoms with Crippen LogP contribution in [0.1, 0.15) is 43.3 Å². The van der Waals surface area contributed by atoms with Crippen LogP contribution in [0.2, 0.25) is 0 Å². The van der Waals surface area contributed by atoms with Gasteiger partial charge < -0.3 is 4.90 Å². The van der Waals surface area contributed by atoms with E-state index in [1.807, 2.05) is 29.3 Å². The molecule has 0 bridgehead atoms. The number of thiophene rings is 1. The average Bonchev–Trinajstić information content (AvgIpc) is 3.19. The van der Waals surface area contributed by atoms with Crippen molar-refractivity contribution in [2.45, 2.75) is 33.6 Å². The van der Waals surface area contributed by atoms with E-state index in [-0.39, 0.29) is 5.91 Å². The Morgan fingerprint density at radius 3 is 2.67 bits per heavy atom. The Bertz CT molecular complexity index is 559. The first-order valence-electron chi connectivity index (χ1n) is 7.48. The molecule has 0 atom stereocenters. The molecule has 0 radical (unpaired) electrons. The highest BCUT2D eigenvalue weighted by atomic mass is 32.1. The molecule has 21 heavy (non-hydrogen) atoms. The normalized spacial score (nSPS) is 11.0. The molecule has 0 aliphatic rings. The van der Waals surface area contributed by atoms with Gasteiger partial charge in [-0.25, -0.2) is 4.98 Å². The topological polar surface area (TPSA) is 33.2 Å². The van der Waals surface area contributed by atoms with E-state index in [4.69, 9.17) is 0 Å². The Morgan fingerprint density at radius 2 is 2.10 bits per heavy atom.